The highest BCUT2D eigenvalue weighted by Gasteiger charge is 2.00. The molecule has 0 saturated carbocycles. The first-order chi connectivity index (χ1) is 8.77. The number of nitrogen functional groups attached to an aromatic ring is 1. The van der Waals surface area contributed by atoms with Gasteiger partial charge in [0.05, 0.1) is 9.26 Å². The molecule has 0 aromatic heterocycles. The molecule has 0 bridgehead atoms. The number of halogens is 1. The smallest absolute Gasteiger partial charge is 0.142 e. The molecule has 3 nitrogen and oxygen atoms in total. The van der Waals surface area contributed by atoms with E-state index >= 15 is 0 Å². The van der Waals surface area contributed by atoms with Crippen molar-refractivity contribution in [2.75, 3.05) is 18.9 Å². The normalized spacial score (nSPS) is 10.1. The Bertz CT molecular complexity index is 469. The number of rotatable bonds is 5. The zero-order valence-corrected chi connectivity index (χ0v) is 12.0. The Labute approximate surface area is 120 Å². The molecule has 2 rings (SSSR count). The molecule has 2 N–H and O–H groups in total. The Morgan fingerprint density at radius 2 is 1.39 bits per heavy atom. The van der Waals surface area contributed by atoms with Gasteiger partial charge >= 0.3 is 0 Å². The first-order valence-corrected chi connectivity index (χ1v) is 6.70. The predicted octanol–water partition coefficient (Wildman–Crippen LogP) is 3.33. The topological polar surface area (TPSA) is 44.5 Å². The van der Waals surface area contributed by atoms with Crippen molar-refractivity contribution in [3.63, 3.8) is 0 Å². The van der Waals surface area contributed by atoms with Gasteiger partial charge in [-0.2, -0.15) is 0 Å². The van der Waals surface area contributed by atoms with E-state index in [9.17, 15) is 0 Å². The summed E-state index contributed by atoms with van der Waals surface area (Å²) < 4.78 is 12.3. The van der Waals surface area contributed by atoms with Crippen LogP contribution in [0.2, 0.25) is 0 Å². The number of hydrogen-bond acceptors (Lipinski definition) is 3. The third-order valence-corrected chi connectivity index (χ3v) is 3.25. The van der Waals surface area contributed by atoms with Crippen LogP contribution in [-0.4, -0.2) is 13.2 Å². The number of anilines is 1. The van der Waals surface area contributed by atoms with Gasteiger partial charge in [-0.15, -0.1) is 0 Å². The molecule has 0 fully saturated rings. The largest absolute Gasteiger partial charge is 0.489 e. The summed E-state index contributed by atoms with van der Waals surface area (Å²) in [6.45, 7) is 0.966. The summed E-state index contributed by atoms with van der Waals surface area (Å²) in [4.78, 5) is 0. The van der Waals surface area contributed by atoms with E-state index in [0.717, 1.165) is 9.32 Å². The SMILES string of the molecule is Nc1ccccc1OCCOc1ccccc1I. The maximum atomic E-state index is 5.77. The molecular weight excluding hydrogens is 341 g/mol. The van der Waals surface area contributed by atoms with Gasteiger partial charge in [-0.1, -0.05) is 24.3 Å². The van der Waals surface area contributed by atoms with Crippen LogP contribution in [0.25, 0.3) is 0 Å². The van der Waals surface area contributed by atoms with E-state index in [2.05, 4.69) is 22.6 Å². The first-order valence-electron chi connectivity index (χ1n) is 5.62. The Morgan fingerprint density at radius 1 is 0.833 bits per heavy atom. The van der Waals surface area contributed by atoms with Crippen LogP contribution in [0, 0.1) is 3.57 Å². The minimum absolute atomic E-state index is 0.471. The lowest BCUT2D eigenvalue weighted by atomic mass is 10.3. The molecule has 0 aliphatic heterocycles. The number of hydrogen-bond donors (Lipinski definition) is 1. The Kier molecular flexibility index (Phi) is 4.69. The monoisotopic (exact) mass is 355 g/mol. The number of benzene rings is 2. The molecule has 0 aliphatic carbocycles. The van der Waals surface area contributed by atoms with Crippen LogP contribution < -0.4 is 15.2 Å². The summed E-state index contributed by atoms with van der Waals surface area (Å²) in [7, 11) is 0. The molecule has 2 aromatic carbocycles. The van der Waals surface area contributed by atoms with Gasteiger partial charge in [0.2, 0.25) is 0 Å². The predicted molar refractivity (Wildman–Crippen MR) is 81.0 cm³/mol. The molecule has 94 valence electrons. The zero-order valence-electron chi connectivity index (χ0n) is 9.80. The molecule has 0 amide bonds. The zero-order chi connectivity index (χ0) is 12.8. The van der Waals surface area contributed by atoms with Gasteiger partial charge in [0.15, 0.2) is 0 Å². The molecule has 0 heterocycles. The van der Waals surface area contributed by atoms with Gasteiger partial charge in [-0.3, -0.25) is 0 Å². The van der Waals surface area contributed by atoms with Crippen LogP contribution in [0.3, 0.4) is 0 Å². The highest BCUT2D eigenvalue weighted by atomic mass is 127. The lowest BCUT2D eigenvalue weighted by molar-refractivity contribution is 0.217. The summed E-state index contributed by atoms with van der Waals surface area (Å²) in [5.41, 5.74) is 6.42. The Balaban J connectivity index is 1.80. The van der Waals surface area contributed by atoms with Crippen molar-refractivity contribution in [2.24, 2.45) is 0 Å². The summed E-state index contributed by atoms with van der Waals surface area (Å²) >= 11 is 2.24. The molecule has 0 aliphatic rings. The van der Waals surface area contributed by atoms with Gasteiger partial charge in [-0.25, -0.2) is 0 Å². The minimum Gasteiger partial charge on any atom is -0.489 e. The maximum absolute atomic E-state index is 5.77. The third kappa shape index (κ3) is 3.53. The van der Waals surface area contributed by atoms with Crippen LogP contribution in [0.4, 0.5) is 5.69 Å². The fourth-order valence-corrected chi connectivity index (χ4v) is 2.02. The highest BCUT2D eigenvalue weighted by molar-refractivity contribution is 14.1. The molecule has 0 radical (unpaired) electrons. The van der Waals surface area contributed by atoms with Crippen molar-refractivity contribution >= 4 is 28.3 Å². The second kappa shape index (κ2) is 6.49. The lowest BCUT2D eigenvalue weighted by Crippen LogP contribution is -2.10. The van der Waals surface area contributed by atoms with Crippen molar-refractivity contribution in [3.05, 3.63) is 52.1 Å². The second-order valence-corrected chi connectivity index (χ2v) is 4.83. The molecule has 2 aromatic rings. The summed E-state index contributed by atoms with van der Waals surface area (Å²) in [5, 5.41) is 0. The van der Waals surface area contributed by atoms with Gasteiger partial charge in [0.25, 0.3) is 0 Å². The molecule has 0 atom stereocenters. The van der Waals surface area contributed by atoms with Crippen LogP contribution in [-0.2, 0) is 0 Å². The van der Waals surface area contributed by atoms with E-state index in [1.807, 2.05) is 48.5 Å². The summed E-state index contributed by atoms with van der Waals surface area (Å²) in [6, 6.07) is 15.3. The van der Waals surface area contributed by atoms with Gasteiger partial charge in [0.1, 0.15) is 24.7 Å². The van der Waals surface area contributed by atoms with E-state index in [0.29, 0.717) is 24.7 Å². The molecule has 18 heavy (non-hydrogen) atoms. The minimum atomic E-state index is 0.471. The average molecular weight is 355 g/mol. The lowest BCUT2D eigenvalue weighted by Gasteiger charge is -2.10. The maximum Gasteiger partial charge on any atom is 0.142 e. The van der Waals surface area contributed by atoms with Gasteiger partial charge in [0, 0.05) is 0 Å². The number of ether oxygens (including phenoxy) is 2. The van der Waals surface area contributed by atoms with Crippen molar-refractivity contribution in [3.8, 4) is 11.5 Å². The molecule has 4 heteroatoms. The molecular formula is C14H14INO2. The standard InChI is InChI=1S/C14H14INO2/c15-11-5-1-3-7-13(11)17-9-10-18-14-8-4-2-6-12(14)16/h1-8H,9-10,16H2. The van der Waals surface area contributed by atoms with E-state index in [-0.39, 0.29) is 0 Å². The molecule has 0 unspecified atom stereocenters. The van der Waals surface area contributed by atoms with Crippen molar-refractivity contribution in [1.82, 2.24) is 0 Å². The fraction of sp³-hybridized carbons (Fsp3) is 0.143. The van der Waals surface area contributed by atoms with E-state index < -0.39 is 0 Å². The highest BCUT2D eigenvalue weighted by Crippen LogP contribution is 2.21. The van der Waals surface area contributed by atoms with E-state index in [1.165, 1.54) is 0 Å². The fourth-order valence-electron chi connectivity index (χ4n) is 1.48. The van der Waals surface area contributed by atoms with E-state index in [1.54, 1.807) is 0 Å². The van der Waals surface area contributed by atoms with Crippen LogP contribution in [0.5, 0.6) is 11.5 Å². The van der Waals surface area contributed by atoms with E-state index in [4.69, 9.17) is 15.2 Å². The molecule has 0 spiro atoms. The molecule has 0 saturated heterocycles. The van der Waals surface area contributed by atoms with Crippen molar-refractivity contribution < 1.29 is 9.47 Å². The summed E-state index contributed by atoms with van der Waals surface area (Å²) in [5.74, 6) is 1.58. The van der Waals surface area contributed by atoms with Crippen molar-refractivity contribution in [1.29, 1.82) is 0 Å². The quantitative estimate of drug-likeness (QED) is 0.508. The van der Waals surface area contributed by atoms with Crippen LogP contribution in [0.15, 0.2) is 48.5 Å². The van der Waals surface area contributed by atoms with Crippen molar-refractivity contribution in [2.45, 2.75) is 0 Å². The van der Waals surface area contributed by atoms with Gasteiger partial charge < -0.3 is 15.2 Å². The average Bonchev–Trinajstić information content (AvgIpc) is 2.38. The second-order valence-electron chi connectivity index (χ2n) is 3.67. The number of para-hydroxylation sites is 3. The Morgan fingerprint density at radius 3 is 2.06 bits per heavy atom. The Hall–Kier alpha value is -1.43. The van der Waals surface area contributed by atoms with Crippen LogP contribution in [0.1, 0.15) is 0 Å². The third-order valence-electron chi connectivity index (χ3n) is 2.35. The number of nitrogens with two attached hydrogens (primary N) is 1. The summed E-state index contributed by atoms with van der Waals surface area (Å²) in [6.07, 6.45) is 0. The van der Waals surface area contributed by atoms with Gasteiger partial charge in [-0.05, 0) is 46.9 Å². The van der Waals surface area contributed by atoms with Crippen LogP contribution >= 0.6 is 22.6 Å². The first kappa shape index (κ1) is 13.0.